The van der Waals surface area contributed by atoms with E-state index in [2.05, 4.69) is 37.4 Å². The van der Waals surface area contributed by atoms with Crippen LogP contribution in [0.15, 0.2) is 0 Å². The summed E-state index contributed by atoms with van der Waals surface area (Å²) in [6.07, 6.45) is 1.05. The summed E-state index contributed by atoms with van der Waals surface area (Å²) < 4.78 is 5.00. The number of hydrogen-bond donors (Lipinski definition) is 0. The van der Waals surface area contributed by atoms with Crippen molar-refractivity contribution in [3.8, 4) is 0 Å². The molecule has 0 rings (SSSR count). The largest absolute Gasteiger partial charge is 1.00 e. The standard InChI is InChI=1S/C5H11O.Al.Li/c1-4-5(2,3)6;;/h4H2,1-3H3;;/q-1;;+1. The average Bonchev–Trinajstić information content (AvgIpc) is 1.68. The van der Waals surface area contributed by atoms with Crippen molar-refractivity contribution in [3.63, 3.8) is 0 Å². The van der Waals surface area contributed by atoms with Crippen LogP contribution in [0.5, 0.6) is 0 Å². The van der Waals surface area contributed by atoms with Gasteiger partial charge in [-0.15, -0.1) is 0 Å². The molecule has 0 saturated heterocycles. The Morgan fingerprint density at radius 1 is 1.50 bits per heavy atom. The van der Waals surface area contributed by atoms with E-state index < -0.39 is 0 Å². The molecule has 0 aromatic rings. The molecule has 0 N–H and O–H groups in total. The fourth-order valence-electron chi connectivity index (χ4n) is 0.0833. The minimum Gasteiger partial charge on any atom is -0.756 e. The van der Waals surface area contributed by atoms with E-state index in [0.29, 0.717) is 0 Å². The van der Waals surface area contributed by atoms with Gasteiger partial charge in [-0.3, -0.25) is 0 Å². The summed E-state index contributed by atoms with van der Waals surface area (Å²) in [6.45, 7) is 6.21. The minimum atomic E-state index is 0. The Bertz CT molecular complexity index is 50.4. The first kappa shape index (κ1) is 11.8. The normalized spacial score (nSPS) is 10.5. The second-order valence-electron chi connectivity index (χ2n) is 2.23. The van der Waals surface area contributed by atoms with Crippen molar-refractivity contribution in [2.45, 2.75) is 32.8 Å². The second kappa shape index (κ2) is 4.92. The predicted molar refractivity (Wildman–Crippen MR) is 31.2 cm³/mol. The molecule has 0 fully saturated rings. The van der Waals surface area contributed by atoms with Gasteiger partial charge in [0.1, 0.15) is 0 Å². The van der Waals surface area contributed by atoms with Gasteiger partial charge in [-0.25, -0.2) is 0 Å². The Morgan fingerprint density at radius 3 is 1.88 bits per heavy atom. The Hall–Kier alpha value is 1.09. The van der Waals surface area contributed by atoms with Crippen LogP contribution in [0.1, 0.15) is 27.2 Å². The Kier molecular flexibility index (Phi) is 7.28. The zero-order chi connectivity index (χ0) is 5.91. The Labute approximate surface area is 72.1 Å². The molecule has 0 amide bonds. The van der Waals surface area contributed by atoms with Gasteiger partial charge in [0.05, 0.1) is 0 Å². The van der Waals surface area contributed by atoms with Crippen molar-refractivity contribution in [2.24, 2.45) is 0 Å². The van der Waals surface area contributed by atoms with Crippen molar-refractivity contribution < 1.29 is 22.6 Å². The van der Waals surface area contributed by atoms with Crippen LogP contribution >= 0.6 is 0 Å². The molecule has 0 aromatic carbocycles. The fourth-order valence-corrected chi connectivity index (χ4v) is 0.250. The molecule has 0 bridgehead atoms. The third-order valence-corrected chi connectivity index (χ3v) is 1.81. The van der Waals surface area contributed by atoms with Crippen molar-refractivity contribution in [2.75, 3.05) is 0 Å². The molecule has 41 valence electrons. The van der Waals surface area contributed by atoms with Gasteiger partial charge in [0.25, 0.3) is 0 Å². The quantitative estimate of drug-likeness (QED) is 0.395. The summed E-state index contributed by atoms with van der Waals surface area (Å²) in [5.74, 6) is 0. The number of rotatable bonds is 2. The van der Waals surface area contributed by atoms with Crippen LogP contribution in [0.3, 0.4) is 0 Å². The molecule has 8 heavy (non-hydrogen) atoms. The summed E-state index contributed by atoms with van der Waals surface area (Å²) in [4.78, 5) is 0. The van der Waals surface area contributed by atoms with Gasteiger partial charge in [0, 0.05) is 0 Å². The molecule has 0 aromatic heterocycles. The number of hydrogen-bond acceptors (Lipinski definition) is 1. The van der Waals surface area contributed by atoms with Crippen molar-refractivity contribution in [3.05, 3.63) is 0 Å². The maximum atomic E-state index is 5.00. The summed E-state index contributed by atoms with van der Waals surface area (Å²) in [5, 5.41) is 0. The molecular formula is C5H11AlLiO. The van der Waals surface area contributed by atoms with Crippen molar-refractivity contribution in [1.82, 2.24) is 0 Å². The van der Waals surface area contributed by atoms with Crippen molar-refractivity contribution >= 4 is 16.6 Å². The zero-order valence-electron chi connectivity index (χ0n) is 6.19. The van der Waals surface area contributed by atoms with Crippen LogP contribution in [0, 0.1) is 0 Å². The van der Waals surface area contributed by atoms with Gasteiger partial charge in [-0.1, -0.05) is 6.92 Å². The van der Waals surface area contributed by atoms with E-state index >= 15 is 0 Å². The molecule has 0 aliphatic rings. The van der Waals surface area contributed by atoms with E-state index in [1.807, 2.05) is 0 Å². The van der Waals surface area contributed by atoms with Crippen LogP contribution in [0.25, 0.3) is 0 Å². The first-order valence-electron chi connectivity index (χ1n) is 2.50. The zero-order valence-corrected chi connectivity index (χ0v) is 7.35. The summed E-state index contributed by atoms with van der Waals surface area (Å²) in [6, 6.07) is 0. The summed E-state index contributed by atoms with van der Waals surface area (Å²) in [7, 11) is 0. The third kappa shape index (κ3) is 5.23. The summed E-state index contributed by atoms with van der Waals surface area (Å²) >= 11 is 2.27. The average molecular weight is 121 g/mol. The molecule has 0 heterocycles. The van der Waals surface area contributed by atoms with Crippen LogP contribution in [0.2, 0.25) is 0 Å². The predicted octanol–water partition coefficient (Wildman–Crippen LogP) is -1.72. The first-order chi connectivity index (χ1) is 3.12. The molecule has 0 saturated carbocycles. The molecule has 3 radical (unpaired) electrons. The summed E-state index contributed by atoms with van der Waals surface area (Å²) in [5.41, 5.74) is 0.0463. The molecule has 0 atom stereocenters. The van der Waals surface area contributed by atoms with Crippen LogP contribution in [-0.2, 0) is 3.79 Å². The van der Waals surface area contributed by atoms with Gasteiger partial charge >= 0.3 is 18.9 Å². The molecule has 0 aliphatic heterocycles. The molecule has 3 heteroatoms. The molecule has 0 unspecified atom stereocenters. The van der Waals surface area contributed by atoms with E-state index in [9.17, 15) is 0 Å². The monoisotopic (exact) mass is 121 g/mol. The maximum Gasteiger partial charge on any atom is 1.00 e. The van der Waals surface area contributed by atoms with E-state index in [4.69, 9.17) is 3.79 Å². The topological polar surface area (TPSA) is 9.23 Å². The molecule has 0 spiro atoms. The van der Waals surface area contributed by atoms with Gasteiger partial charge < -0.3 is 20.4 Å². The van der Waals surface area contributed by atoms with E-state index in [1.165, 1.54) is 0 Å². The molecule has 1 nitrogen and oxygen atoms in total. The van der Waals surface area contributed by atoms with E-state index in [1.54, 1.807) is 0 Å². The first-order valence-corrected chi connectivity index (χ1v) is 2.97. The van der Waals surface area contributed by atoms with Gasteiger partial charge in [0.2, 0.25) is 0 Å². The van der Waals surface area contributed by atoms with Crippen LogP contribution in [-0.4, -0.2) is 22.2 Å². The van der Waals surface area contributed by atoms with Gasteiger partial charge in [-0.2, -0.15) is 0 Å². The minimum absolute atomic E-state index is 0. The maximum absolute atomic E-state index is 5.00. The van der Waals surface area contributed by atoms with E-state index in [0.717, 1.165) is 6.42 Å². The van der Waals surface area contributed by atoms with Crippen LogP contribution < -0.4 is 18.9 Å². The molecule has 0 aliphatic carbocycles. The fraction of sp³-hybridized carbons (Fsp3) is 1.00. The van der Waals surface area contributed by atoms with Gasteiger partial charge in [-0.05, 0) is 25.9 Å². The smallest absolute Gasteiger partial charge is 0.756 e. The van der Waals surface area contributed by atoms with Gasteiger partial charge in [0.15, 0.2) is 0 Å². The Morgan fingerprint density at radius 2 is 1.88 bits per heavy atom. The third-order valence-electron chi connectivity index (χ3n) is 1.17. The van der Waals surface area contributed by atoms with E-state index in [-0.39, 0.29) is 24.5 Å². The Balaban J connectivity index is 0. The SMILES string of the molecule is CCC(C)(C)[O][Al-].[Li+]. The van der Waals surface area contributed by atoms with Crippen LogP contribution in [0.4, 0.5) is 0 Å². The van der Waals surface area contributed by atoms with Crippen molar-refractivity contribution in [1.29, 1.82) is 0 Å². The molecular weight excluding hydrogens is 110 g/mol. The second-order valence-corrected chi connectivity index (χ2v) is 2.47.